The van der Waals surface area contributed by atoms with Gasteiger partial charge in [0.05, 0.1) is 19.1 Å². The van der Waals surface area contributed by atoms with Crippen molar-refractivity contribution in [3.63, 3.8) is 0 Å². The third-order valence-electron chi connectivity index (χ3n) is 12.7. The summed E-state index contributed by atoms with van der Waals surface area (Å²) in [5.74, 6) is -11.4. The number of para-hydroxylation sites is 1. The number of nitrogens with one attached hydrogen (secondary N) is 9. The van der Waals surface area contributed by atoms with Gasteiger partial charge in [0.25, 0.3) is 0 Å². The molecular formula is C53H77N9O13. The molecule has 0 saturated heterocycles. The summed E-state index contributed by atoms with van der Waals surface area (Å²) < 4.78 is 0. The van der Waals surface area contributed by atoms with Crippen molar-refractivity contribution < 1.29 is 63.3 Å². The Kier molecular flexibility index (Phi) is 24.9. The number of rotatable bonds is 31. The molecule has 1 aromatic heterocycles. The van der Waals surface area contributed by atoms with Crippen LogP contribution in [-0.4, -0.2) is 135 Å². The molecule has 22 nitrogen and oxygen atoms in total. The lowest BCUT2D eigenvalue weighted by Crippen LogP contribution is -2.61. The number of amides is 8. The van der Waals surface area contributed by atoms with E-state index in [2.05, 4.69) is 47.5 Å². The van der Waals surface area contributed by atoms with Gasteiger partial charge in [-0.15, -0.1) is 0 Å². The highest BCUT2D eigenvalue weighted by atomic mass is 16.4. The Labute approximate surface area is 437 Å². The first kappa shape index (κ1) is 61.9. The molecule has 0 aliphatic rings. The highest BCUT2D eigenvalue weighted by Gasteiger charge is 2.36. The highest BCUT2D eigenvalue weighted by Crippen LogP contribution is 2.20. The largest absolute Gasteiger partial charge is 0.481 e. The number of carboxylic acid groups (broad SMARTS) is 2. The molecular weight excluding hydrogens is 971 g/mol. The summed E-state index contributed by atoms with van der Waals surface area (Å²) in [7, 11) is 0. The number of H-pyrrole nitrogens is 1. The van der Waals surface area contributed by atoms with E-state index in [1.54, 1.807) is 116 Å². The van der Waals surface area contributed by atoms with Gasteiger partial charge in [-0.1, -0.05) is 117 Å². The van der Waals surface area contributed by atoms with E-state index in [0.29, 0.717) is 17.4 Å². The van der Waals surface area contributed by atoms with E-state index < -0.39 is 151 Å². The van der Waals surface area contributed by atoms with E-state index in [4.69, 9.17) is 0 Å². The Bertz CT molecular complexity index is 2440. The molecule has 412 valence electrons. The summed E-state index contributed by atoms with van der Waals surface area (Å²) >= 11 is 0. The van der Waals surface area contributed by atoms with Crippen LogP contribution in [0, 0.1) is 29.6 Å². The monoisotopic (exact) mass is 1050 g/mol. The lowest BCUT2D eigenvalue weighted by molar-refractivity contribution is -0.144. The van der Waals surface area contributed by atoms with Crippen molar-refractivity contribution >= 4 is 70.1 Å². The zero-order valence-corrected chi connectivity index (χ0v) is 44.3. The summed E-state index contributed by atoms with van der Waals surface area (Å²) in [5, 5.41) is 50.4. The average Bonchev–Trinajstić information content (AvgIpc) is 3.77. The number of aromatic amines is 1. The zero-order valence-electron chi connectivity index (χ0n) is 44.3. The third-order valence-corrected chi connectivity index (χ3v) is 12.7. The SMILES string of the molecule is CC[C@H](C)[C@H](NC(=O)[C@H](CCC(=O)O)NC(=O)[C@H](Cc1c[nH]c2ccccc12)NC(=O)[C@H](CC(C)C)NC(=O)[C@@H](NC(=O)[C@@H](NC(=O)CNC(=O)[C@H](Cc1ccccc1)NC(=O)[C@@H](C)CO)C(C)C)C(C)C)C(=O)O. The van der Waals surface area contributed by atoms with E-state index >= 15 is 0 Å². The van der Waals surface area contributed by atoms with Crippen molar-refractivity contribution in [2.24, 2.45) is 29.6 Å². The van der Waals surface area contributed by atoms with Crippen molar-refractivity contribution in [1.29, 1.82) is 0 Å². The molecule has 0 aliphatic heterocycles. The number of fused-ring (bicyclic) bond motifs is 1. The number of carbonyl (C=O) groups is 10. The first-order valence-electron chi connectivity index (χ1n) is 25.4. The number of carboxylic acids is 2. The maximum atomic E-state index is 14.4. The van der Waals surface area contributed by atoms with Gasteiger partial charge < -0.3 is 62.8 Å². The summed E-state index contributed by atoms with van der Waals surface area (Å²) in [6.07, 6.45) is 1.04. The van der Waals surface area contributed by atoms with Gasteiger partial charge in [0.2, 0.25) is 47.3 Å². The van der Waals surface area contributed by atoms with Crippen molar-refractivity contribution in [2.75, 3.05) is 13.2 Å². The number of aliphatic hydroxyl groups is 1. The summed E-state index contributed by atoms with van der Waals surface area (Å²) in [4.78, 5) is 137. The minimum absolute atomic E-state index is 0.0559. The number of benzene rings is 2. The Morgan fingerprint density at radius 3 is 1.67 bits per heavy atom. The van der Waals surface area contributed by atoms with Crippen molar-refractivity contribution in [3.05, 3.63) is 71.9 Å². The van der Waals surface area contributed by atoms with E-state index in [0.717, 1.165) is 11.1 Å². The van der Waals surface area contributed by atoms with Crippen LogP contribution < -0.4 is 42.5 Å². The van der Waals surface area contributed by atoms with Crippen molar-refractivity contribution in [2.45, 2.75) is 143 Å². The third kappa shape index (κ3) is 19.8. The van der Waals surface area contributed by atoms with E-state index in [-0.39, 0.29) is 25.2 Å². The minimum Gasteiger partial charge on any atom is -0.481 e. The number of carbonyl (C=O) groups excluding carboxylic acids is 8. The van der Waals surface area contributed by atoms with Gasteiger partial charge in [0.1, 0.15) is 42.3 Å². The molecule has 22 heteroatoms. The summed E-state index contributed by atoms with van der Waals surface area (Å²) in [6, 6.07) is 6.86. The second-order valence-electron chi connectivity index (χ2n) is 20.1. The molecule has 0 spiro atoms. The molecule has 0 unspecified atom stereocenters. The van der Waals surface area contributed by atoms with Crippen LogP contribution in [0.5, 0.6) is 0 Å². The standard InChI is InChI=1S/C53H77N9O13/c1-10-31(8)45(53(74)75)62-48(69)37(20-21-42(65)66)56-50(71)40(24-34-25-54-36-19-15-14-18-35(34)36)58-49(70)38(22-28(2)3)59-51(72)44(30(6)7)61-52(73)43(29(4)5)60-41(64)26-55-47(68)39(57-46(67)32(9)27-63)23-33-16-12-11-13-17-33/h11-19,25,28-32,37-40,43-45,54,63H,10,20-24,26-27H2,1-9H3,(H,55,68)(H,56,71)(H,57,67)(H,58,70)(H,59,72)(H,60,64)(H,61,73)(H,62,69)(H,65,66)(H,74,75)/t31-,32-,37-,38-,39-,40-,43-,44-,45-/m0/s1. The maximum absolute atomic E-state index is 14.4. The number of aliphatic carboxylic acids is 2. The Balaban J connectivity index is 1.85. The predicted octanol–water partition coefficient (Wildman–Crippen LogP) is 1.44. The van der Waals surface area contributed by atoms with Gasteiger partial charge in [-0.2, -0.15) is 0 Å². The van der Waals surface area contributed by atoms with Gasteiger partial charge in [-0.3, -0.25) is 43.2 Å². The molecule has 0 fully saturated rings. The molecule has 1 heterocycles. The van der Waals surface area contributed by atoms with Gasteiger partial charge in [-0.05, 0) is 53.7 Å². The van der Waals surface area contributed by atoms with Crippen LogP contribution in [0.4, 0.5) is 0 Å². The van der Waals surface area contributed by atoms with Gasteiger partial charge >= 0.3 is 11.9 Å². The molecule has 8 amide bonds. The molecule has 2 aromatic carbocycles. The van der Waals surface area contributed by atoms with Crippen LogP contribution in [0.2, 0.25) is 0 Å². The van der Waals surface area contributed by atoms with Crippen molar-refractivity contribution in [3.8, 4) is 0 Å². The Morgan fingerprint density at radius 1 is 0.560 bits per heavy atom. The van der Waals surface area contributed by atoms with E-state index in [1.807, 2.05) is 0 Å². The number of hydrogen-bond donors (Lipinski definition) is 12. The predicted molar refractivity (Wildman–Crippen MR) is 278 cm³/mol. The minimum atomic E-state index is -1.53. The normalized spacial score (nSPS) is 14.9. The second kappa shape index (κ2) is 30.1. The molecule has 75 heavy (non-hydrogen) atoms. The fourth-order valence-corrected chi connectivity index (χ4v) is 8.00. The van der Waals surface area contributed by atoms with Crippen molar-refractivity contribution in [1.82, 2.24) is 47.5 Å². The highest BCUT2D eigenvalue weighted by molar-refractivity contribution is 5.98. The number of hydrogen-bond acceptors (Lipinski definition) is 11. The quantitative estimate of drug-likeness (QED) is 0.0435. The van der Waals surface area contributed by atoms with E-state index in [1.165, 1.54) is 6.92 Å². The van der Waals surface area contributed by atoms with Gasteiger partial charge in [0, 0.05) is 36.4 Å². The summed E-state index contributed by atoms with van der Waals surface area (Å²) in [6.45, 7) is 14.1. The molecule has 0 bridgehead atoms. The Morgan fingerprint density at radius 2 is 1.08 bits per heavy atom. The number of aromatic nitrogens is 1. The zero-order chi connectivity index (χ0) is 56.1. The van der Waals surface area contributed by atoms with E-state index in [9.17, 15) is 63.3 Å². The lowest BCUT2D eigenvalue weighted by Gasteiger charge is -2.30. The van der Waals surface area contributed by atoms with Crippen LogP contribution >= 0.6 is 0 Å². The first-order chi connectivity index (χ1) is 35.4. The van der Waals surface area contributed by atoms with Gasteiger partial charge in [0.15, 0.2) is 0 Å². The lowest BCUT2D eigenvalue weighted by atomic mass is 9.97. The molecule has 0 aliphatic carbocycles. The summed E-state index contributed by atoms with van der Waals surface area (Å²) in [5.41, 5.74) is 2.04. The topological polar surface area (TPSA) is 343 Å². The molecule has 3 aromatic rings. The molecule has 0 radical (unpaired) electrons. The molecule has 12 N–H and O–H groups in total. The molecule has 0 saturated carbocycles. The van der Waals surface area contributed by atoms with Crippen LogP contribution in [-0.2, 0) is 60.8 Å². The van der Waals surface area contributed by atoms with Gasteiger partial charge in [-0.25, -0.2) is 4.79 Å². The fraction of sp³-hybridized carbons (Fsp3) is 0.547. The Hall–Kier alpha value is -7.36. The van der Waals surface area contributed by atoms with Crippen LogP contribution in [0.15, 0.2) is 60.8 Å². The second-order valence-corrected chi connectivity index (χ2v) is 20.1. The molecule has 9 atom stereocenters. The number of aliphatic hydroxyl groups excluding tert-OH is 1. The average molecular weight is 1050 g/mol. The van der Waals surface area contributed by atoms with Crippen LogP contribution in [0.3, 0.4) is 0 Å². The van der Waals surface area contributed by atoms with Crippen LogP contribution in [0.25, 0.3) is 10.9 Å². The fourth-order valence-electron chi connectivity index (χ4n) is 8.00. The van der Waals surface area contributed by atoms with Crippen LogP contribution in [0.1, 0.15) is 99.1 Å². The smallest absolute Gasteiger partial charge is 0.326 e. The maximum Gasteiger partial charge on any atom is 0.326 e. The first-order valence-corrected chi connectivity index (χ1v) is 25.4. The molecule has 3 rings (SSSR count).